The summed E-state index contributed by atoms with van der Waals surface area (Å²) in [7, 11) is 0. The minimum Gasteiger partial charge on any atom is -0.379 e. The predicted octanol–water partition coefficient (Wildman–Crippen LogP) is 2.27. The third-order valence-corrected chi connectivity index (χ3v) is 3.86. The maximum Gasteiger partial charge on any atom is 0.309 e. The second kappa shape index (κ2) is 5.88. The molecule has 0 atom stereocenters. The molecule has 1 fully saturated rings. The zero-order valence-electron chi connectivity index (χ0n) is 11.5. The van der Waals surface area contributed by atoms with E-state index in [1.165, 1.54) is 6.07 Å². The lowest BCUT2D eigenvalue weighted by molar-refractivity contribution is -0.384. The molecule has 6 heteroatoms. The Morgan fingerprint density at radius 2 is 2.20 bits per heavy atom. The van der Waals surface area contributed by atoms with Crippen LogP contribution in [0.25, 0.3) is 0 Å². The van der Waals surface area contributed by atoms with Crippen LogP contribution in [0.15, 0.2) is 18.2 Å². The summed E-state index contributed by atoms with van der Waals surface area (Å²) in [6.07, 6.45) is 2.07. The Labute approximate surface area is 117 Å². The Morgan fingerprint density at radius 1 is 1.50 bits per heavy atom. The van der Waals surface area contributed by atoms with E-state index in [-0.39, 0.29) is 16.7 Å². The first-order chi connectivity index (χ1) is 9.56. The Hall–Kier alpha value is -2.13. The number of nitrogens with one attached hydrogen (secondary N) is 2. The Kier molecular flexibility index (Phi) is 4.20. The van der Waals surface area contributed by atoms with Crippen molar-refractivity contribution in [3.05, 3.63) is 33.9 Å². The number of benzene rings is 1. The van der Waals surface area contributed by atoms with Crippen LogP contribution in [0.1, 0.15) is 25.3 Å². The lowest BCUT2D eigenvalue weighted by Gasteiger charge is -2.34. The SMILES string of the molecule is CC1(CNc2cccc(C#N)c2[N+](=O)[O-])CCNCC1. The first-order valence-electron chi connectivity index (χ1n) is 6.68. The van der Waals surface area contributed by atoms with E-state index in [0.29, 0.717) is 12.2 Å². The molecular weight excluding hydrogens is 256 g/mol. The molecular formula is C14H18N4O2. The zero-order valence-corrected chi connectivity index (χ0v) is 11.5. The van der Waals surface area contributed by atoms with Crippen LogP contribution in [0.5, 0.6) is 0 Å². The topological polar surface area (TPSA) is 91.0 Å². The van der Waals surface area contributed by atoms with E-state index in [0.717, 1.165) is 25.9 Å². The van der Waals surface area contributed by atoms with Crippen LogP contribution in [0.4, 0.5) is 11.4 Å². The molecule has 1 aromatic rings. The molecule has 0 aliphatic carbocycles. The predicted molar refractivity (Wildman–Crippen MR) is 76.5 cm³/mol. The molecule has 0 unspecified atom stereocenters. The van der Waals surface area contributed by atoms with Gasteiger partial charge in [-0.05, 0) is 43.5 Å². The lowest BCUT2D eigenvalue weighted by atomic mass is 9.81. The second-order valence-corrected chi connectivity index (χ2v) is 5.48. The zero-order chi connectivity index (χ0) is 14.6. The summed E-state index contributed by atoms with van der Waals surface area (Å²) in [5.41, 5.74) is 0.513. The monoisotopic (exact) mass is 274 g/mol. The molecule has 1 saturated heterocycles. The smallest absolute Gasteiger partial charge is 0.309 e. The average Bonchev–Trinajstić information content (AvgIpc) is 2.45. The van der Waals surface area contributed by atoms with Crippen LogP contribution in [0.2, 0.25) is 0 Å². The Morgan fingerprint density at radius 3 is 2.80 bits per heavy atom. The first kappa shape index (κ1) is 14.3. The van der Waals surface area contributed by atoms with Gasteiger partial charge in [0.2, 0.25) is 0 Å². The van der Waals surface area contributed by atoms with Crippen molar-refractivity contribution < 1.29 is 4.92 Å². The lowest BCUT2D eigenvalue weighted by Crippen LogP contribution is -2.39. The number of hydrogen-bond donors (Lipinski definition) is 2. The van der Waals surface area contributed by atoms with Crippen molar-refractivity contribution in [2.24, 2.45) is 5.41 Å². The number of piperidine rings is 1. The third kappa shape index (κ3) is 3.06. The number of nitriles is 1. The standard InChI is InChI=1S/C14H18N4O2/c1-14(5-7-16-8-6-14)10-17-12-4-2-3-11(9-15)13(12)18(19)20/h2-4,16-17H,5-8,10H2,1H3. The minimum atomic E-state index is -0.494. The molecule has 20 heavy (non-hydrogen) atoms. The minimum absolute atomic E-state index is 0.0930. The van der Waals surface area contributed by atoms with Crippen LogP contribution in [-0.4, -0.2) is 24.6 Å². The molecule has 2 rings (SSSR count). The highest BCUT2D eigenvalue weighted by Crippen LogP contribution is 2.32. The molecule has 1 aromatic carbocycles. The van der Waals surface area contributed by atoms with Crippen molar-refractivity contribution in [3.63, 3.8) is 0 Å². The van der Waals surface area contributed by atoms with Crippen molar-refractivity contribution in [2.75, 3.05) is 25.0 Å². The number of hydrogen-bond acceptors (Lipinski definition) is 5. The molecule has 0 saturated carbocycles. The molecule has 2 N–H and O–H groups in total. The maximum absolute atomic E-state index is 11.1. The number of nitrogens with zero attached hydrogens (tertiary/aromatic N) is 2. The molecule has 6 nitrogen and oxygen atoms in total. The molecule has 0 amide bonds. The van der Waals surface area contributed by atoms with Gasteiger partial charge in [0, 0.05) is 6.54 Å². The normalized spacial score (nSPS) is 17.2. The van der Waals surface area contributed by atoms with Crippen molar-refractivity contribution in [2.45, 2.75) is 19.8 Å². The van der Waals surface area contributed by atoms with Gasteiger partial charge in [0.25, 0.3) is 0 Å². The van der Waals surface area contributed by atoms with Crippen molar-refractivity contribution in [3.8, 4) is 6.07 Å². The molecule has 106 valence electrons. The maximum atomic E-state index is 11.1. The molecule has 0 radical (unpaired) electrons. The first-order valence-corrected chi connectivity index (χ1v) is 6.68. The summed E-state index contributed by atoms with van der Waals surface area (Å²) in [6.45, 7) is 4.79. The quantitative estimate of drug-likeness (QED) is 0.649. The summed E-state index contributed by atoms with van der Waals surface area (Å²) >= 11 is 0. The molecule has 0 aromatic heterocycles. The van der Waals surface area contributed by atoms with E-state index in [4.69, 9.17) is 5.26 Å². The Bertz CT molecular complexity index is 545. The van der Waals surface area contributed by atoms with Gasteiger partial charge in [0.1, 0.15) is 17.3 Å². The number of nitro groups is 1. The van der Waals surface area contributed by atoms with Gasteiger partial charge in [0.15, 0.2) is 0 Å². The summed E-state index contributed by atoms with van der Waals surface area (Å²) in [6, 6.07) is 6.66. The highest BCUT2D eigenvalue weighted by atomic mass is 16.6. The van der Waals surface area contributed by atoms with Crippen LogP contribution < -0.4 is 10.6 Å². The number of nitro benzene ring substituents is 1. The van der Waals surface area contributed by atoms with E-state index in [1.54, 1.807) is 12.1 Å². The average molecular weight is 274 g/mol. The van der Waals surface area contributed by atoms with Gasteiger partial charge < -0.3 is 10.6 Å². The van der Waals surface area contributed by atoms with E-state index >= 15 is 0 Å². The fourth-order valence-corrected chi connectivity index (χ4v) is 2.49. The van der Waals surface area contributed by atoms with E-state index in [1.807, 2.05) is 6.07 Å². The summed E-state index contributed by atoms with van der Waals surface area (Å²) in [5, 5.41) is 26.6. The third-order valence-electron chi connectivity index (χ3n) is 3.86. The van der Waals surface area contributed by atoms with Gasteiger partial charge in [-0.25, -0.2) is 0 Å². The highest BCUT2D eigenvalue weighted by molar-refractivity contribution is 5.68. The van der Waals surface area contributed by atoms with Crippen LogP contribution >= 0.6 is 0 Å². The molecule has 1 aliphatic heterocycles. The van der Waals surface area contributed by atoms with Crippen LogP contribution in [0, 0.1) is 26.9 Å². The van der Waals surface area contributed by atoms with Crippen LogP contribution in [0.3, 0.4) is 0 Å². The van der Waals surface area contributed by atoms with Gasteiger partial charge in [-0.2, -0.15) is 5.26 Å². The Balaban J connectivity index is 2.17. The van der Waals surface area contributed by atoms with Gasteiger partial charge in [-0.1, -0.05) is 13.0 Å². The molecule has 1 aliphatic rings. The fraction of sp³-hybridized carbons (Fsp3) is 0.500. The largest absolute Gasteiger partial charge is 0.379 e. The number of para-hydroxylation sites is 1. The summed E-state index contributed by atoms with van der Waals surface area (Å²) in [5.74, 6) is 0. The van der Waals surface area contributed by atoms with Gasteiger partial charge in [-0.15, -0.1) is 0 Å². The molecule has 1 heterocycles. The number of rotatable bonds is 4. The molecule has 0 spiro atoms. The van der Waals surface area contributed by atoms with E-state index in [9.17, 15) is 10.1 Å². The fourth-order valence-electron chi connectivity index (χ4n) is 2.49. The molecule has 0 bridgehead atoms. The van der Waals surface area contributed by atoms with Crippen molar-refractivity contribution in [1.82, 2.24) is 5.32 Å². The summed E-state index contributed by atoms with van der Waals surface area (Å²) < 4.78 is 0. The number of anilines is 1. The second-order valence-electron chi connectivity index (χ2n) is 5.48. The van der Waals surface area contributed by atoms with Crippen LogP contribution in [-0.2, 0) is 0 Å². The van der Waals surface area contributed by atoms with Crippen molar-refractivity contribution in [1.29, 1.82) is 5.26 Å². The van der Waals surface area contributed by atoms with E-state index in [2.05, 4.69) is 17.6 Å². The summed E-state index contributed by atoms with van der Waals surface area (Å²) in [4.78, 5) is 10.6. The van der Waals surface area contributed by atoms with Gasteiger partial charge in [0.05, 0.1) is 4.92 Å². The van der Waals surface area contributed by atoms with Gasteiger partial charge >= 0.3 is 5.69 Å². The van der Waals surface area contributed by atoms with Gasteiger partial charge in [-0.3, -0.25) is 10.1 Å². The van der Waals surface area contributed by atoms with Crippen molar-refractivity contribution >= 4 is 11.4 Å². The highest BCUT2D eigenvalue weighted by Gasteiger charge is 2.28. The van der Waals surface area contributed by atoms with E-state index < -0.39 is 4.92 Å².